The Bertz CT molecular complexity index is 1440. The zero-order chi connectivity index (χ0) is 24.2. The van der Waals surface area contributed by atoms with Gasteiger partial charge in [-0.05, 0) is 28.8 Å². The number of hydrogen-bond acceptors (Lipinski definition) is 6. The Balaban J connectivity index is 1.47. The first-order valence-electron chi connectivity index (χ1n) is 11.3. The Hall–Kier alpha value is -3.46. The standard InChI is InChI=1S/C25H28FN5O3/c1-25(2,3)14-31-19-9-8-18(27-22(19)29(4)24(31)33)16-7-5-6-15(21(16)26)12-30-11-10-20-17(13-30)23(32)28-34-20/h5-9H,10-14H2,1-4H3,(H,28,32). The summed E-state index contributed by atoms with van der Waals surface area (Å²) in [6.07, 6.45) is 0.613. The minimum Gasteiger partial charge on any atom is -0.491 e. The van der Waals surface area contributed by atoms with E-state index in [1.54, 1.807) is 29.8 Å². The molecule has 0 unspecified atom stereocenters. The fourth-order valence-electron chi connectivity index (χ4n) is 4.58. The van der Waals surface area contributed by atoms with Crippen LogP contribution in [0.4, 0.5) is 4.39 Å². The molecular formula is C25H28FN5O3. The predicted octanol–water partition coefficient (Wildman–Crippen LogP) is 3.84. The Morgan fingerprint density at radius 3 is 2.76 bits per heavy atom. The van der Waals surface area contributed by atoms with Gasteiger partial charge in [-0.3, -0.25) is 14.0 Å². The molecule has 0 atom stereocenters. The van der Waals surface area contributed by atoms with Crippen LogP contribution in [0.5, 0.6) is 5.88 Å². The first-order chi connectivity index (χ1) is 16.1. The van der Waals surface area contributed by atoms with Crippen molar-refractivity contribution in [3.05, 3.63) is 63.5 Å². The van der Waals surface area contributed by atoms with E-state index in [1.807, 2.05) is 17.0 Å². The van der Waals surface area contributed by atoms with E-state index in [2.05, 4.69) is 30.9 Å². The first-order valence-corrected chi connectivity index (χ1v) is 11.3. The molecular weight excluding hydrogens is 437 g/mol. The molecule has 1 N–H and O–H groups in total. The topological polar surface area (TPSA) is 89.3 Å². The molecule has 0 radical (unpaired) electrons. The molecule has 0 bridgehead atoms. The maximum atomic E-state index is 15.6. The summed E-state index contributed by atoms with van der Waals surface area (Å²) in [5, 5.41) is 13.5. The van der Waals surface area contributed by atoms with Gasteiger partial charge in [-0.1, -0.05) is 32.9 Å². The molecule has 8 nitrogen and oxygen atoms in total. The molecule has 178 valence electrons. The number of aryl methyl sites for hydroxylation is 1. The van der Waals surface area contributed by atoms with E-state index >= 15 is 4.39 Å². The minimum absolute atomic E-state index is 0.0737. The van der Waals surface area contributed by atoms with Gasteiger partial charge in [0.2, 0.25) is 0 Å². The van der Waals surface area contributed by atoms with E-state index in [9.17, 15) is 9.90 Å². The van der Waals surface area contributed by atoms with Gasteiger partial charge in [-0.25, -0.2) is 14.2 Å². The zero-order valence-corrected chi connectivity index (χ0v) is 19.8. The van der Waals surface area contributed by atoms with Gasteiger partial charge in [0, 0.05) is 50.8 Å². The van der Waals surface area contributed by atoms with Gasteiger partial charge in [-0.2, -0.15) is 0 Å². The zero-order valence-electron chi connectivity index (χ0n) is 19.8. The van der Waals surface area contributed by atoms with Gasteiger partial charge in [0.05, 0.1) is 16.8 Å². The van der Waals surface area contributed by atoms with Crippen LogP contribution in [-0.4, -0.2) is 35.8 Å². The predicted molar refractivity (Wildman–Crippen MR) is 126 cm³/mol. The SMILES string of the molecule is Cn1c(=O)n(CC(C)(C)C)c2ccc(-c3cccc(CN4CCc5onc(O)c5C4)c3F)nc21. The lowest BCUT2D eigenvalue weighted by atomic mass is 9.97. The second-order valence-corrected chi connectivity index (χ2v) is 10.2. The van der Waals surface area contributed by atoms with Crippen molar-refractivity contribution in [3.63, 3.8) is 0 Å². The Morgan fingerprint density at radius 1 is 1.21 bits per heavy atom. The van der Waals surface area contributed by atoms with Gasteiger partial charge in [0.1, 0.15) is 11.6 Å². The van der Waals surface area contributed by atoms with E-state index in [-0.39, 0.29) is 22.8 Å². The van der Waals surface area contributed by atoms with Crippen LogP contribution in [0, 0.1) is 11.2 Å². The monoisotopic (exact) mass is 465 g/mol. The molecule has 0 aliphatic carbocycles. The third-order valence-electron chi connectivity index (χ3n) is 6.25. The minimum atomic E-state index is -0.339. The number of pyridine rings is 1. The number of aromatic nitrogens is 4. The summed E-state index contributed by atoms with van der Waals surface area (Å²) in [7, 11) is 1.69. The quantitative estimate of drug-likeness (QED) is 0.493. The Kier molecular flexibility index (Phi) is 5.31. The highest BCUT2D eigenvalue weighted by Crippen LogP contribution is 2.30. The highest BCUT2D eigenvalue weighted by Gasteiger charge is 2.25. The molecule has 0 saturated heterocycles. The van der Waals surface area contributed by atoms with Crippen LogP contribution in [0.2, 0.25) is 0 Å². The molecule has 0 spiro atoms. The van der Waals surface area contributed by atoms with Gasteiger partial charge >= 0.3 is 5.69 Å². The van der Waals surface area contributed by atoms with Gasteiger partial charge in [0.25, 0.3) is 5.88 Å². The summed E-state index contributed by atoms with van der Waals surface area (Å²) in [5.74, 6) is 0.244. The highest BCUT2D eigenvalue weighted by molar-refractivity contribution is 5.76. The summed E-state index contributed by atoms with van der Waals surface area (Å²) in [5.41, 5.74) is 3.13. The molecule has 3 aromatic heterocycles. The molecule has 34 heavy (non-hydrogen) atoms. The van der Waals surface area contributed by atoms with Crippen LogP contribution in [0.1, 0.15) is 37.7 Å². The van der Waals surface area contributed by atoms with Gasteiger partial charge < -0.3 is 9.63 Å². The number of fused-ring (bicyclic) bond motifs is 2. The average molecular weight is 466 g/mol. The van der Waals surface area contributed by atoms with Crippen molar-refractivity contribution in [2.75, 3.05) is 6.54 Å². The maximum absolute atomic E-state index is 15.6. The number of hydrogen-bond donors (Lipinski definition) is 1. The number of aromatic hydroxyl groups is 1. The number of nitrogens with zero attached hydrogens (tertiary/aromatic N) is 5. The smallest absolute Gasteiger partial charge is 0.330 e. The van der Waals surface area contributed by atoms with Crippen LogP contribution in [0.15, 0.2) is 39.6 Å². The van der Waals surface area contributed by atoms with Gasteiger partial charge in [-0.15, -0.1) is 0 Å². The fraction of sp³-hybridized carbons (Fsp3) is 0.400. The summed E-state index contributed by atoms with van der Waals surface area (Å²) in [4.78, 5) is 19.6. The van der Waals surface area contributed by atoms with Crippen molar-refractivity contribution in [3.8, 4) is 17.1 Å². The van der Waals surface area contributed by atoms with Gasteiger partial charge in [0.15, 0.2) is 5.65 Å². The summed E-state index contributed by atoms with van der Waals surface area (Å²) < 4.78 is 24.0. The molecule has 4 heterocycles. The van der Waals surface area contributed by atoms with Crippen molar-refractivity contribution in [2.45, 2.75) is 46.8 Å². The third-order valence-corrected chi connectivity index (χ3v) is 6.25. The number of imidazole rings is 1. The molecule has 1 aliphatic heterocycles. The van der Waals surface area contributed by atoms with Crippen molar-refractivity contribution in [1.82, 2.24) is 24.2 Å². The summed E-state index contributed by atoms with van der Waals surface area (Å²) in [6.45, 7) is 8.30. The van der Waals surface area contributed by atoms with Crippen molar-refractivity contribution < 1.29 is 14.0 Å². The van der Waals surface area contributed by atoms with E-state index in [4.69, 9.17) is 4.52 Å². The third kappa shape index (κ3) is 3.90. The molecule has 5 rings (SSSR count). The lowest BCUT2D eigenvalue weighted by molar-refractivity contribution is 0.225. The van der Waals surface area contributed by atoms with Crippen LogP contribution in [-0.2, 0) is 33.1 Å². The Labute approximate surface area is 196 Å². The second kappa shape index (κ2) is 8.09. The molecule has 0 amide bonds. The Morgan fingerprint density at radius 2 is 2.00 bits per heavy atom. The maximum Gasteiger partial charge on any atom is 0.330 e. The summed E-state index contributed by atoms with van der Waals surface area (Å²) in [6, 6.07) is 8.90. The normalized spacial score (nSPS) is 14.6. The largest absolute Gasteiger partial charge is 0.491 e. The average Bonchev–Trinajstić information content (AvgIpc) is 3.27. The van der Waals surface area contributed by atoms with E-state index in [1.165, 1.54) is 4.57 Å². The number of halogens is 1. The van der Waals surface area contributed by atoms with Crippen molar-refractivity contribution >= 4 is 11.2 Å². The molecule has 4 aromatic rings. The molecule has 1 aromatic carbocycles. The van der Waals surface area contributed by atoms with E-state index in [0.717, 1.165) is 5.52 Å². The van der Waals surface area contributed by atoms with Crippen molar-refractivity contribution in [2.24, 2.45) is 12.5 Å². The van der Waals surface area contributed by atoms with Crippen LogP contribution in [0.3, 0.4) is 0 Å². The van der Waals surface area contributed by atoms with Crippen LogP contribution in [0.25, 0.3) is 22.4 Å². The summed E-state index contributed by atoms with van der Waals surface area (Å²) >= 11 is 0. The molecule has 0 fully saturated rings. The number of rotatable bonds is 4. The lowest BCUT2D eigenvalue weighted by Crippen LogP contribution is -2.29. The van der Waals surface area contributed by atoms with Crippen molar-refractivity contribution in [1.29, 1.82) is 0 Å². The number of benzene rings is 1. The highest BCUT2D eigenvalue weighted by atomic mass is 19.1. The molecule has 1 aliphatic rings. The fourth-order valence-corrected chi connectivity index (χ4v) is 4.58. The molecule has 0 saturated carbocycles. The first kappa shape index (κ1) is 22.3. The van der Waals surface area contributed by atoms with E-state index < -0.39 is 0 Å². The molecule has 9 heteroatoms. The lowest BCUT2D eigenvalue weighted by Gasteiger charge is -2.25. The van der Waals surface area contributed by atoms with E-state index in [0.29, 0.717) is 66.4 Å². The van der Waals surface area contributed by atoms with Crippen LogP contribution >= 0.6 is 0 Å². The van der Waals surface area contributed by atoms with Crippen LogP contribution < -0.4 is 5.69 Å². The second-order valence-electron chi connectivity index (χ2n) is 10.2.